The third-order valence-corrected chi connectivity index (χ3v) is 3.75. The number of anilines is 1. The van der Waals surface area contributed by atoms with Crippen LogP contribution < -0.4 is 15.4 Å². The number of benzene rings is 1. The highest BCUT2D eigenvalue weighted by Gasteiger charge is 2.15. The molecule has 0 aromatic heterocycles. The third-order valence-electron chi connectivity index (χ3n) is 3.75. The molecule has 1 saturated heterocycles. The van der Waals surface area contributed by atoms with Gasteiger partial charge in [0.15, 0.2) is 0 Å². The van der Waals surface area contributed by atoms with Crippen LogP contribution in [-0.4, -0.2) is 39.5 Å². The van der Waals surface area contributed by atoms with Gasteiger partial charge in [0, 0.05) is 25.3 Å². The fourth-order valence-electron chi connectivity index (χ4n) is 2.53. The summed E-state index contributed by atoms with van der Waals surface area (Å²) in [6, 6.07) is 2.15. The topological polar surface area (TPSA) is 42.5 Å². The smallest absolute Gasteiger partial charge is 0.125 e. The number of morpholine rings is 1. The molecule has 0 amide bonds. The Labute approximate surface area is 115 Å². The summed E-state index contributed by atoms with van der Waals surface area (Å²) in [5.74, 6) is 0.985. The van der Waals surface area contributed by atoms with Crippen LogP contribution in [0.2, 0.25) is 0 Å². The fraction of sp³-hybridized carbons (Fsp3) is 0.600. The zero-order valence-corrected chi connectivity index (χ0v) is 12.3. The summed E-state index contributed by atoms with van der Waals surface area (Å²) < 4.78 is 11.1. The van der Waals surface area contributed by atoms with E-state index < -0.39 is 0 Å². The minimum Gasteiger partial charge on any atom is -0.496 e. The summed E-state index contributed by atoms with van der Waals surface area (Å²) in [6.45, 7) is 9.81. The van der Waals surface area contributed by atoms with E-state index in [4.69, 9.17) is 9.47 Å². The predicted molar refractivity (Wildman–Crippen MR) is 78.3 cm³/mol. The molecule has 0 spiro atoms. The minimum absolute atomic E-state index is 0.246. The lowest BCUT2D eigenvalue weighted by atomic mass is 10.0. The average molecular weight is 264 g/mol. The van der Waals surface area contributed by atoms with Gasteiger partial charge in [0.05, 0.1) is 19.8 Å². The molecule has 1 atom stereocenters. The first-order valence-electron chi connectivity index (χ1n) is 6.84. The van der Waals surface area contributed by atoms with Crippen LogP contribution in [0.4, 0.5) is 5.69 Å². The maximum atomic E-state index is 5.70. The van der Waals surface area contributed by atoms with Crippen molar-refractivity contribution < 1.29 is 9.47 Å². The lowest BCUT2D eigenvalue weighted by molar-refractivity contribution is 0.0372. The summed E-state index contributed by atoms with van der Waals surface area (Å²) >= 11 is 0. The molecule has 2 N–H and O–H groups in total. The highest BCUT2D eigenvalue weighted by Crippen LogP contribution is 2.31. The van der Waals surface area contributed by atoms with E-state index in [2.05, 4.69) is 37.5 Å². The summed E-state index contributed by atoms with van der Waals surface area (Å²) in [4.78, 5) is 0. The molecule has 0 bridgehead atoms. The van der Waals surface area contributed by atoms with E-state index >= 15 is 0 Å². The Kier molecular flexibility index (Phi) is 4.66. The maximum absolute atomic E-state index is 5.70. The van der Waals surface area contributed by atoms with E-state index in [9.17, 15) is 0 Å². The molecule has 4 heteroatoms. The van der Waals surface area contributed by atoms with Crippen LogP contribution in [-0.2, 0) is 4.74 Å². The molecule has 0 aliphatic carbocycles. The minimum atomic E-state index is 0.246. The predicted octanol–water partition coefficient (Wildman–Crippen LogP) is 2.02. The lowest BCUT2D eigenvalue weighted by Gasteiger charge is -2.25. The molecule has 0 radical (unpaired) electrons. The molecule has 2 rings (SSSR count). The molecule has 1 aliphatic rings. The van der Waals surface area contributed by atoms with Gasteiger partial charge in [0.1, 0.15) is 5.75 Å². The Morgan fingerprint density at radius 2 is 2.16 bits per heavy atom. The Bertz CT molecular complexity index is 440. The van der Waals surface area contributed by atoms with Gasteiger partial charge < -0.3 is 20.1 Å². The van der Waals surface area contributed by atoms with Gasteiger partial charge in [-0.05, 0) is 43.5 Å². The van der Waals surface area contributed by atoms with Crippen molar-refractivity contribution in [2.45, 2.75) is 26.9 Å². The molecule has 1 aromatic rings. The molecular weight excluding hydrogens is 240 g/mol. The summed E-state index contributed by atoms with van der Waals surface area (Å²) in [5, 5.41) is 6.84. The second-order valence-electron chi connectivity index (χ2n) is 5.10. The van der Waals surface area contributed by atoms with Crippen molar-refractivity contribution in [2.24, 2.45) is 0 Å². The van der Waals surface area contributed by atoms with Gasteiger partial charge in [-0.2, -0.15) is 0 Å². The number of ether oxygens (including phenoxy) is 2. The van der Waals surface area contributed by atoms with Crippen molar-refractivity contribution in [2.75, 3.05) is 38.7 Å². The Morgan fingerprint density at radius 3 is 2.79 bits per heavy atom. The Hall–Kier alpha value is -1.26. The SMILES string of the molecule is COc1c(C)cc(NCC2CNCCO2)c(C)c1C. The molecule has 0 saturated carbocycles. The van der Waals surface area contributed by atoms with Crippen LogP contribution in [0.5, 0.6) is 5.75 Å². The van der Waals surface area contributed by atoms with Crippen molar-refractivity contribution >= 4 is 5.69 Å². The van der Waals surface area contributed by atoms with Crippen molar-refractivity contribution in [1.29, 1.82) is 0 Å². The highest BCUT2D eigenvalue weighted by molar-refractivity contribution is 5.61. The van der Waals surface area contributed by atoms with Gasteiger partial charge in [-0.15, -0.1) is 0 Å². The van der Waals surface area contributed by atoms with Crippen LogP contribution in [0.25, 0.3) is 0 Å². The van der Waals surface area contributed by atoms with E-state index in [0.717, 1.165) is 37.6 Å². The fourth-order valence-corrected chi connectivity index (χ4v) is 2.53. The number of rotatable bonds is 4. The van der Waals surface area contributed by atoms with Crippen LogP contribution in [0, 0.1) is 20.8 Å². The Balaban J connectivity index is 2.07. The number of hydrogen-bond acceptors (Lipinski definition) is 4. The van der Waals surface area contributed by atoms with E-state index in [1.54, 1.807) is 7.11 Å². The van der Waals surface area contributed by atoms with Gasteiger partial charge in [-0.1, -0.05) is 0 Å². The van der Waals surface area contributed by atoms with Gasteiger partial charge in [0.25, 0.3) is 0 Å². The Morgan fingerprint density at radius 1 is 1.37 bits per heavy atom. The van der Waals surface area contributed by atoms with E-state index in [1.807, 2.05) is 0 Å². The average Bonchev–Trinajstić information content (AvgIpc) is 2.43. The molecule has 1 heterocycles. The van der Waals surface area contributed by atoms with E-state index in [1.165, 1.54) is 16.8 Å². The van der Waals surface area contributed by atoms with Gasteiger partial charge in [0.2, 0.25) is 0 Å². The quantitative estimate of drug-likeness (QED) is 0.873. The second kappa shape index (κ2) is 6.26. The van der Waals surface area contributed by atoms with Crippen LogP contribution in [0.15, 0.2) is 6.07 Å². The van der Waals surface area contributed by atoms with Crippen molar-refractivity contribution in [3.63, 3.8) is 0 Å². The molecule has 4 nitrogen and oxygen atoms in total. The standard InChI is InChI=1S/C15H24N2O2/c1-10-7-14(11(2)12(3)15(10)18-4)17-9-13-8-16-5-6-19-13/h7,13,16-17H,5-6,8-9H2,1-4H3. The van der Waals surface area contributed by atoms with Crippen molar-refractivity contribution in [1.82, 2.24) is 5.32 Å². The van der Waals surface area contributed by atoms with Gasteiger partial charge in [-0.25, -0.2) is 0 Å². The van der Waals surface area contributed by atoms with Gasteiger partial charge >= 0.3 is 0 Å². The monoisotopic (exact) mass is 264 g/mol. The van der Waals surface area contributed by atoms with Gasteiger partial charge in [-0.3, -0.25) is 0 Å². The first-order valence-corrected chi connectivity index (χ1v) is 6.84. The second-order valence-corrected chi connectivity index (χ2v) is 5.10. The summed E-state index contributed by atoms with van der Waals surface area (Å²) in [7, 11) is 1.73. The summed E-state index contributed by atoms with van der Waals surface area (Å²) in [6.07, 6.45) is 0.246. The molecule has 106 valence electrons. The molecule has 1 aliphatic heterocycles. The van der Waals surface area contributed by atoms with E-state index in [0.29, 0.717) is 0 Å². The maximum Gasteiger partial charge on any atom is 0.125 e. The number of hydrogen-bond donors (Lipinski definition) is 2. The molecule has 1 unspecified atom stereocenters. The molecule has 1 aromatic carbocycles. The van der Waals surface area contributed by atoms with Crippen molar-refractivity contribution in [3.05, 3.63) is 22.8 Å². The molecule has 19 heavy (non-hydrogen) atoms. The van der Waals surface area contributed by atoms with Crippen molar-refractivity contribution in [3.8, 4) is 5.75 Å². The summed E-state index contributed by atoms with van der Waals surface area (Å²) in [5.41, 5.74) is 4.78. The normalized spacial score (nSPS) is 19.3. The van der Waals surface area contributed by atoms with E-state index in [-0.39, 0.29) is 6.10 Å². The van der Waals surface area contributed by atoms with Crippen LogP contribution in [0.1, 0.15) is 16.7 Å². The largest absolute Gasteiger partial charge is 0.496 e. The molecule has 1 fully saturated rings. The lowest BCUT2D eigenvalue weighted by Crippen LogP contribution is -2.42. The first kappa shape index (κ1) is 14.2. The number of nitrogens with one attached hydrogen (secondary N) is 2. The molecular formula is C15H24N2O2. The zero-order valence-electron chi connectivity index (χ0n) is 12.3. The van der Waals surface area contributed by atoms with Crippen LogP contribution in [0.3, 0.4) is 0 Å². The third kappa shape index (κ3) is 3.19. The number of aryl methyl sites for hydroxylation is 1. The highest BCUT2D eigenvalue weighted by atomic mass is 16.5. The zero-order chi connectivity index (χ0) is 13.8. The van der Waals surface area contributed by atoms with Crippen LogP contribution >= 0.6 is 0 Å². The number of methoxy groups -OCH3 is 1. The first-order chi connectivity index (χ1) is 9.13.